The number of hydrogen-bond donors (Lipinski definition) is 2. The second-order valence-electron chi connectivity index (χ2n) is 6.67. The molecule has 2 N–H and O–H groups in total. The van der Waals surface area contributed by atoms with Crippen LogP contribution >= 0.6 is 0 Å². The van der Waals surface area contributed by atoms with Gasteiger partial charge in [-0.1, -0.05) is 6.07 Å². The minimum absolute atomic E-state index is 0.0561. The van der Waals surface area contributed by atoms with Gasteiger partial charge in [-0.15, -0.1) is 0 Å². The van der Waals surface area contributed by atoms with Crippen molar-refractivity contribution >= 4 is 0 Å². The van der Waals surface area contributed by atoms with Gasteiger partial charge >= 0.3 is 0 Å². The van der Waals surface area contributed by atoms with Crippen molar-refractivity contribution in [3.8, 4) is 28.7 Å². The van der Waals surface area contributed by atoms with Crippen molar-refractivity contribution in [3.63, 3.8) is 0 Å². The Bertz CT molecular complexity index is 822. The summed E-state index contributed by atoms with van der Waals surface area (Å²) in [5.41, 5.74) is 0.938. The zero-order chi connectivity index (χ0) is 19.0. The van der Waals surface area contributed by atoms with E-state index in [4.69, 9.17) is 23.7 Å². The molecule has 0 aliphatic carbocycles. The third-order valence-corrected chi connectivity index (χ3v) is 5.15. The fraction of sp³-hybridized carbons (Fsp3) is 0.400. The molecular formula is C20H22O7. The summed E-state index contributed by atoms with van der Waals surface area (Å²) >= 11 is 0. The minimum Gasteiger partial charge on any atom is -0.504 e. The van der Waals surface area contributed by atoms with Crippen LogP contribution < -0.4 is 14.2 Å². The topological polar surface area (TPSA) is 86.6 Å². The van der Waals surface area contributed by atoms with Gasteiger partial charge in [0.2, 0.25) is 6.29 Å². The highest BCUT2D eigenvalue weighted by molar-refractivity contribution is 5.45. The molecule has 2 aliphatic heterocycles. The van der Waals surface area contributed by atoms with E-state index in [2.05, 4.69) is 0 Å². The smallest absolute Gasteiger partial charge is 0.205 e. The number of benzene rings is 2. The fourth-order valence-electron chi connectivity index (χ4n) is 3.71. The Balaban J connectivity index is 1.49. The average molecular weight is 374 g/mol. The molecule has 2 heterocycles. The number of phenols is 2. The molecule has 2 aromatic rings. The Kier molecular flexibility index (Phi) is 4.72. The van der Waals surface area contributed by atoms with Gasteiger partial charge in [-0.05, 0) is 29.8 Å². The van der Waals surface area contributed by atoms with Crippen molar-refractivity contribution in [2.75, 3.05) is 27.4 Å². The number of aromatic hydroxyl groups is 2. The lowest BCUT2D eigenvalue weighted by Crippen LogP contribution is -2.26. The summed E-state index contributed by atoms with van der Waals surface area (Å²) in [4.78, 5) is 0. The first-order chi connectivity index (χ1) is 13.1. The first-order valence-electron chi connectivity index (χ1n) is 8.74. The van der Waals surface area contributed by atoms with Crippen LogP contribution in [0.1, 0.15) is 11.7 Å². The lowest BCUT2D eigenvalue weighted by atomic mass is 9.89. The summed E-state index contributed by atoms with van der Waals surface area (Å²) in [5.74, 6) is 1.70. The van der Waals surface area contributed by atoms with Crippen LogP contribution in [-0.4, -0.2) is 43.9 Å². The normalized spacial score (nSPS) is 26.6. The van der Waals surface area contributed by atoms with Gasteiger partial charge in [0.15, 0.2) is 23.0 Å². The SMILES string of the molecule is COc1cc(OC2OCC3C(c4ccc(O)c(OC)c4)OCC23)ccc1O. The molecular weight excluding hydrogens is 352 g/mol. The van der Waals surface area contributed by atoms with E-state index in [1.807, 2.05) is 6.07 Å². The third kappa shape index (κ3) is 3.24. The van der Waals surface area contributed by atoms with E-state index < -0.39 is 6.29 Å². The molecule has 2 aromatic carbocycles. The van der Waals surface area contributed by atoms with Crippen LogP contribution in [0.5, 0.6) is 28.7 Å². The fourth-order valence-corrected chi connectivity index (χ4v) is 3.71. The molecule has 27 heavy (non-hydrogen) atoms. The largest absolute Gasteiger partial charge is 0.504 e. The Labute approximate surface area is 157 Å². The first kappa shape index (κ1) is 17.8. The lowest BCUT2D eigenvalue weighted by molar-refractivity contribution is -0.0788. The van der Waals surface area contributed by atoms with Crippen LogP contribution in [0.3, 0.4) is 0 Å². The van der Waals surface area contributed by atoms with E-state index in [9.17, 15) is 10.2 Å². The van der Waals surface area contributed by atoms with E-state index >= 15 is 0 Å². The van der Waals surface area contributed by atoms with Crippen molar-refractivity contribution < 1.29 is 33.9 Å². The van der Waals surface area contributed by atoms with Crippen LogP contribution in [0.25, 0.3) is 0 Å². The van der Waals surface area contributed by atoms with Crippen LogP contribution in [-0.2, 0) is 9.47 Å². The second-order valence-corrected chi connectivity index (χ2v) is 6.67. The zero-order valence-corrected chi connectivity index (χ0v) is 15.1. The highest BCUT2D eigenvalue weighted by Gasteiger charge is 2.49. The van der Waals surface area contributed by atoms with E-state index in [1.165, 1.54) is 20.3 Å². The molecule has 0 bridgehead atoms. The van der Waals surface area contributed by atoms with Crippen molar-refractivity contribution in [3.05, 3.63) is 42.0 Å². The molecule has 7 heteroatoms. The molecule has 4 atom stereocenters. The number of phenolic OH excluding ortho intramolecular Hbond substituents is 2. The zero-order valence-electron chi connectivity index (χ0n) is 15.1. The molecule has 2 saturated heterocycles. The van der Waals surface area contributed by atoms with Crippen LogP contribution in [0.4, 0.5) is 0 Å². The van der Waals surface area contributed by atoms with Gasteiger partial charge in [-0.2, -0.15) is 0 Å². The van der Waals surface area contributed by atoms with Gasteiger partial charge in [-0.3, -0.25) is 0 Å². The van der Waals surface area contributed by atoms with Gasteiger partial charge in [0.05, 0.1) is 39.5 Å². The first-order valence-corrected chi connectivity index (χ1v) is 8.74. The summed E-state index contributed by atoms with van der Waals surface area (Å²) < 4.78 is 28.2. The Morgan fingerprint density at radius 1 is 0.852 bits per heavy atom. The van der Waals surface area contributed by atoms with Gasteiger partial charge in [0.1, 0.15) is 5.75 Å². The van der Waals surface area contributed by atoms with E-state index in [0.717, 1.165) is 5.56 Å². The highest BCUT2D eigenvalue weighted by Crippen LogP contribution is 2.46. The number of ether oxygens (including phenoxy) is 5. The highest BCUT2D eigenvalue weighted by atomic mass is 16.7. The van der Waals surface area contributed by atoms with Crippen LogP contribution in [0.2, 0.25) is 0 Å². The molecule has 0 amide bonds. The molecule has 0 radical (unpaired) electrons. The predicted molar refractivity (Wildman–Crippen MR) is 95.4 cm³/mol. The molecule has 0 spiro atoms. The molecule has 0 saturated carbocycles. The van der Waals surface area contributed by atoms with Crippen molar-refractivity contribution in [2.45, 2.75) is 12.4 Å². The van der Waals surface area contributed by atoms with Crippen LogP contribution in [0.15, 0.2) is 36.4 Å². The van der Waals surface area contributed by atoms with E-state index in [-0.39, 0.29) is 29.4 Å². The summed E-state index contributed by atoms with van der Waals surface area (Å²) in [7, 11) is 3.01. The summed E-state index contributed by atoms with van der Waals surface area (Å²) in [6.07, 6.45) is -0.583. The van der Waals surface area contributed by atoms with E-state index in [0.29, 0.717) is 30.5 Å². The molecule has 144 valence electrons. The number of rotatable bonds is 5. The van der Waals surface area contributed by atoms with Crippen molar-refractivity contribution in [1.29, 1.82) is 0 Å². The monoisotopic (exact) mass is 374 g/mol. The average Bonchev–Trinajstić information content (AvgIpc) is 3.27. The standard InChI is InChI=1S/C20H22O7/c1-23-17-7-11(3-5-15(17)21)19-13-9-26-20(14(13)10-25-19)27-12-4-6-16(22)18(8-12)24-2/h3-8,13-14,19-22H,9-10H2,1-2H3. The van der Waals surface area contributed by atoms with Crippen molar-refractivity contribution in [2.24, 2.45) is 11.8 Å². The summed E-state index contributed by atoms with van der Waals surface area (Å²) in [5, 5.41) is 19.5. The third-order valence-electron chi connectivity index (χ3n) is 5.15. The molecule has 2 aliphatic rings. The number of fused-ring (bicyclic) bond motifs is 1. The number of hydrogen-bond acceptors (Lipinski definition) is 7. The molecule has 4 unspecified atom stereocenters. The minimum atomic E-state index is -0.437. The summed E-state index contributed by atoms with van der Waals surface area (Å²) in [6.45, 7) is 1.02. The molecule has 2 fully saturated rings. The molecule has 4 rings (SSSR count). The second kappa shape index (κ2) is 7.17. The Morgan fingerprint density at radius 3 is 2.26 bits per heavy atom. The maximum atomic E-state index is 9.80. The van der Waals surface area contributed by atoms with E-state index in [1.54, 1.807) is 24.3 Å². The van der Waals surface area contributed by atoms with Gasteiger partial charge in [-0.25, -0.2) is 0 Å². The van der Waals surface area contributed by atoms with Gasteiger partial charge < -0.3 is 33.9 Å². The molecule has 0 aromatic heterocycles. The Morgan fingerprint density at radius 2 is 1.52 bits per heavy atom. The summed E-state index contributed by atoms with van der Waals surface area (Å²) in [6, 6.07) is 10.1. The van der Waals surface area contributed by atoms with Gasteiger partial charge in [0.25, 0.3) is 0 Å². The maximum absolute atomic E-state index is 9.80. The predicted octanol–water partition coefficient (Wildman–Crippen LogP) is 2.85. The van der Waals surface area contributed by atoms with Crippen LogP contribution in [0, 0.1) is 11.8 Å². The number of methoxy groups -OCH3 is 2. The van der Waals surface area contributed by atoms with Gasteiger partial charge in [0, 0.05) is 12.0 Å². The lowest BCUT2D eigenvalue weighted by Gasteiger charge is -2.18. The maximum Gasteiger partial charge on any atom is 0.205 e. The van der Waals surface area contributed by atoms with Crippen molar-refractivity contribution in [1.82, 2.24) is 0 Å². The Hall–Kier alpha value is -2.64. The quantitative estimate of drug-likeness (QED) is 0.832. The molecule has 7 nitrogen and oxygen atoms in total.